The number of nitrogens with zero attached hydrogens (tertiary/aromatic N) is 2. The molecule has 0 bridgehead atoms. The van der Waals surface area contributed by atoms with Crippen molar-refractivity contribution in [2.24, 2.45) is 5.92 Å². The van der Waals surface area contributed by atoms with Crippen LogP contribution in [0.4, 0.5) is 5.82 Å². The molecule has 1 rings (SSSR count). The van der Waals surface area contributed by atoms with E-state index >= 15 is 0 Å². The predicted molar refractivity (Wildman–Crippen MR) is 53.3 cm³/mol. The SMILES string of the molecule is CC(C)CC(=O)NNc1cnccn1. The smallest absolute Gasteiger partial charge is 0.238 e. The molecule has 0 spiro atoms. The summed E-state index contributed by atoms with van der Waals surface area (Å²) in [6, 6.07) is 0. The normalized spacial score (nSPS) is 9.93. The van der Waals surface area contributed by atoms with Gasteiger partial charge in [-0.3, -0.25) is 20.6 Å². The summed E-state index contributed by atoms with van der Waals surface area (Å²) < 4.78 is 0. The highest BCUT2D eigenvalue weighted by Crippen LogP contribution is 1.99. The monoisotopic (exact) mass is 194 g/mol. The molecule has 0 fully saturated rings. The fourth-order valence-corrected chi connectivity index (χ4v) is 0.919. The molecule has 14 heavy (non-hydrogen) atoms. The molecule has 1 amide bonds. The van der Waals surface area contributed by atoms with Crippen LogP contribution < -0.4 is 10.9 Å². The van der Waals surface area contributed by atoms with Gasteiger partial charge in [-0.05, 0) is 5.92 Å². The summed E-state index contributed by atoms with van der Waals surface area (Å²) in [6.07, 6.45) is 5.15. The fourth-order valence-electron chi connectivity index (χ4n) is 0.919. The van der Waals surface area contributed by atoms with Crippen LogP contribution in [-0.4, -0.2) is 15.9 Å². The number of rotatable bonds is 4. The molecule has 1 heterocycles. The Morgan fingerprint density at radius 2 is 2.29 bits per heavy atom. The van der Waals surface area contributed by atoms with Gasteiger partial charge < -0.3 is 0 Å². The van der Waals surface area contributed by atoms with Gasteiger partial charge in [-0.15, -0.1) is 0 Å². The molecule has 5 heteroatoms. The van der Waals surface area contributed by atoms with E-state index in [1.807, 2.05) is 13.8 Å². The summed E-state index contributed by atoms with van der Waals surface area (Å²) >= 11 is 0. The van der Waals surface area contributed by atoms with Crippen molar-refractivity contribution in [1.82, 2.24) is 15.4 Å². The number of carbonyl (C=O) groups is 1. The third kappa shape index (κ3) is 3.84. The molecule has 1 aromatic rings. The third-order valence-electron chi connectivity index (χ3n) is 1.49. The largest absolute Gasteiger partial charge is 0.281 e. The topological polar surface area (TPSA) is 66.9 Å². The zero-order valence-electron chi connectivity index (χ0n) is 8.32. The number of carbonyl (C=O) groups excluding carboxylic acids is 1. The average molecular weight is 194 g/mol. The van der Waals surface area contributed by atoms with Crippen molar-refractivity contribution in [3.05, 3.63) is 18.6 Å². The van der Waals surface area contributed by atoms with Crippen LogP contribution in [0.1, 0.15) is 20.3 Å². The van der Waals surface area contributed by atoms with Crippen LogP contribution in [-0.2, 0) is 4.79 Å². The summed E-state index contributed by atoms with van der Waals surface area (Å²) in [5, 5.41) is 0. The second kappa shape index (κ2) is 5.16. The maximum atomic E-state index is 11.2. The number of hydrogen-bond acceptors (Lipinski definition) is 4. The van der Waals surface area contributed by atoms with E-state index < -0.39 is 0 Å². The second-order valence-corrected chi connectivity index (χ2v) is 3.36. The van der Waals surface area contributed by atoms with Gasteiger partial charge in [-0.1, -0.05) is 13.8 Å². The van der Waals surface area contributed by atoms with Gasteiger partial charge >= 0.3 is 0 Å². The standard InChI is InChI=1S/C9H14N4O/c1-7(2)5-9(14)13-12-8-6-10-3-4-11-8/h3-4,6-7H,5H2,1-2H3,(H,11,12)(H,13,14). The van der Waals surface area contributed by atoms with Crippen LogP contribution in [0.25, 0.3) is 0 Å². The van der Waals surface area contributed by atoms with E-state index in [-0.39, 0.29) is 5.91 Å². The van der Waals surface area contributed by atoms with Crippen LogP contribution in [0.2, 0.25) is 0 Å². The Kier molecular flexibility index (Phi) is 3.84. The first kappa shape index (κ1) is 10.4. The molecule has 0 aliphatic carbocycles. The highest BCUT2D eigenvalue weighted by atomic mass is 16.2. The van der Waals surface area contributed by atoms with Crippen LogP contribution >= 0.6 is 0 Å². The van der Waals surface area contributed by atoms with Gasteiger partial charge in [0.15, 0.2) is 5.82 Å². The summed E-state index contributed by atoms with van der Waals surface area (Å²) in [4.78, 5) is 19.0. The summed E-state index contributed by atoms with van der Waals surface area (Å²) in [6.45, 7) is 3.98. The maximum Gasteiger partial charge on any atom is 0.238 e. The summed E-state index contributed by atoms with van der Waals surface area (Å²) in [5.74, 6) is 0.828. The molecule has 0 aliphatic rings. The minimum absolute atomic E-state index is 0.0503. The van der Waals surface area contributed by atoms with Crippen molar-refractivity contribution in [3.8, 4) is 0 Å². The van der Waals surface area contributed by atoms with E-state index in [4.69, 9.17) is 0 Å². The Bertz CT molecular complexity index is 286. The van der Waals surface area contributed by atoms with Crippen molar-refractivity contribution in [2.75, 3.05) is 5.43 Å². The first-order valence-corrected chi connectivity index (χ1v) is 4.49. The molecule has 1 aromatic heterocycles. The van der Waals surface area contributed by atoms with E-state index in [0.717, 1.165) is 0 Å². The third-order valence-corrected chi connectivity index (χ3v) is 1.49. The molecule has 76 valence electrons. The predicted octanol–water partition coefficient (Wildman–Crippen LogP) is 0.966. The van der Waals surface area contributed by atoms with Gasteiger partial charge in [0.05, 0.1) is 6.20 Å². The summed E-state index contributed by atoms with van der Waals surface area (Å²) in [7, 11) is 0. The molecule has 0 radical (unpaired) electrons. The van der Waals surface area contributed by atoms with E-state index in [0.29, 0.717) is 18.2 Å². The van der Waals surface area contributed by atoms with Gasteiger partial charge in [0, 0.05) is 18.8 Å². The fraction of sp³-hybridized carbons (Fsp3) is 0.444. The molecule has 0 saturated carbocycles. The van der Waals surface area contributed by atoms with E-state index in [2.05, 4.69) is 20.8 Å². The van der Waals surface area contributed by atoms with Crippen LogP contribution in [0.15, 0.2) is 18.6 Å². The Morgan fingerprint density at radius 1 is 1.50 bits per heavy atom. The summed E-state index contributed by atoms with van der Waals surface area (Å²) in [5.41, 5.74) is 5.22. The van der Waals surface area contributed by atoms with E-state index in [1.54, 1.807) is 12.4 Å². The number of anilines is 1. The lowest BCUT2D eigenvalue weighted by Gasteiger charge is -2.08. The highest BCUT2D eigenvalue weighted by molar-refractivity contribution is 5.77. The van der Waals surface area contributed by atoms with Crippen molar-refractivity contribution >= 4 is 11.7 Å². The zero-order valence-corrected chi connectivity index (χ0v) is 8.32. The molecule has 5 nitrogen and oxygen atoms in total. The van der Waals surface area contributed by atoms with Crippen molar-refractivity contribution < 1.29 is 4.79 Å². The Labute approximate surface area is 82.9 Å². The lowest BCUT2D eigenvalue weighted by molar-refractivity contribution is -0.121. The second-order valence-electron chi connectivity index (χ2n) is 3.36. The van der Waals surface area contributed by atoms with Gasteiger partial charge in [0.2, 0.25) is 5.91 Å². The lowest BCUT2D eigenvalue weighted by Crippen LogP contribution is -2.30. The van der Waals surface area contributed by atoms with Crippen LogP contribution in [0.5, 0.6) is 0 Å². The van der Waals surface area contributed by atoms with Crippen LogP contribution in [0, 0.1) is 5.92 Å². The molecule has 0 saturated heterocycles. The average Bonchev–Trinajstić information content (AvgIpc) is 2.15. The molecule has 2 N–H and O–H groups in total. The number of aromatic nitrogens is 2. The first-order valence-electron chi connectivity index (χ1n) is 4.49. The first-order chi connectivity index (χ1) is 6.68. The van der Waals surface area contributed by atoms with E-state index in [1.165, 1.54) is 6.20 Å². The number of hydrazine groups is 1. The van der Waals surface area contributed by atoms with E-state index in [9.17, 15) is 4.79 Å². The van der Waals surface area contributed by atoms with Crippen molar-refractivity contribution in [1.29, 1.82) is 0 Å². The molecule has 0 aromatic carbocycles. The Balaban J connectivity index is 2.31. The van der Waals surface area contributed by atoms with Gasteiger partial charge in [0.1, 0.15) is 0 Å². The quantitative estimate of drug-likeness (QED) is 0.701. The molecular formula is C9H14N4O. The number of hydrogen-bond donors (Lipinski definition) is 2. The minimum atomic E-state index is -0.0503. The van der Waals surface area contributed by atoms with Crippen molar-refractivity contribution in [3.63, 3.8) is 0 Å². The number of amides is 1. The molecular weight excluding hydrogens is 180 g/mol. The van der Waals surface area contributed by atoms with Gasteiger partial charge in [-0.25, -0.2) is 4.98 Å². The molecule has 0 unspecified atom stereocenters. The van der Waals surface area contributed by atoms with Gasteiger partial charge in [-0.2, -0.15) is 0 Å². The minimum Gasteiger partial charge on any atom is -0.281 e. The Morgan fingerprint density at radius 3 is 2.86 bits per heavy atom. The zero-order chi connectivity index (χ0) is 10.4. The lowest BCUT2D eigenvalue weighted by atomic mass is 10.1. The number of nitrogens with one attached hydrogen (secondary N) is 2. The highest BCUT2D eigenvalue weighted by Gasteiger charge is 2.03. The Hall–Kier alpha value is -1.65. The van der Waals surface area contributed by atoms with Crippen molar-refractivity contribution in [2.45, 2.75) is 20.3 Å². The maximum absolute atomic E-state index is 11.2. The van der Waals surface area contributed by atoms with Crippen LogP contribution in [0.3, 0.4) is 0 Å². The molecule has 0 aliphatic heterocycles. The van der Waals surface area contributed by atoms with Gasteiger partial charge in [0.25, 0.3) is 0 Å². The molecule has 0 atom stereocenters.